The van der Waals surface area contributed by atoms with Gasteiger partial charge in [-0.3, -0.25) is 0 Å². The summed E-state index contributed by atoms with van der Waals surface area (Å²) in [4.78, 5) is 0. The van der Waals surface area contributed by atoms with Crippen molar-refractivity contribution in [1.29, 1.82) is 0 Å². The average molecular weight is 303 g/mol. The Morgan fingerprint density at radius 3 is 2.86 bits per heavy atom. The Balaban J connectivity index is 2.00. The second-order valence-corrected chi connectivity index (χ2v) is 6.23. The van der Waals surface area contributed by atoms with Gasteiger partial charge in [-0.25, -0.2) is 0 Å². The minimum absolute atomic E-state index is 0.321. The smallest absolute Gasteiger partial charge is 0.124 e. The zero-order valence-corrected chi connectivity index (χ0v) is 14.0. The summed E-state index contributed by atoms with van der Waals surface area (Å²) in [5.41, 5.74) is 3.85. The van der Waals surface area contributed by atoms with Crippen molar-refractivity contribution >= 4 is 11.3 Å². The molecule has 0 fully saturated rings. The van der Waals surface area contributed by atoms with E-state index >= 15 is 0 Å². The molecule has 0 aliphatic carbocycles. The van der Waals surface area contributed by atoms with Crippen molar-refractivity contribution in [2.24, 2.45) is 0 Å². The molecule has 0 radical (unpaired) electrons. The van der Waals surface area contributed by atoms with Crippen molar-refractivity contribution in [2.75, 3.05) is 13.2 Å². The maximum absolute atomic E-state index is 6.06. The van der Waals surface area contributed by atoms with E-state index in [2.05, 4.69) is 61.1 Å². The molecule has 1 aromatic heterocycles. The summed E-state index contributed by atoms with van der Waals surface area (Å²) in [6.07, 6.45) is 2.11. The molecule has 0 spiro atoms. The molecule has 3 heteroatoms. The second kappa shape index (κ2) is 8.20. The lowest BCUT2D eigenvalue weighted by molar-refractivity contribution is 0.315. The Hall–Kier alpha value is -1.32. The molecule has 1 aromatic carbocycles. The number of hydrogen-bond donors (Lipinski definition) is 1. The highest BCUT2D eigenvalue weighted by molar-refractivity contribution is 7.07. The fraction of sp³-hybridized carbons (Fsp3) is 0.444. The van der Waals surface area contributed by atoms with E-state index in [1.807, 2.05) is 0 Å². The summed E-state index contributed by atoms with van der Waals surface area (Å²) < 4.78 is 6.06. The van der Waals surface area contributed by atoms with E-state index < -0.39 is 0 Å². The van der Waals surface area contributed by atoms with Crippen molar-refractivity contribution < 1.29 is 4.74 Å². The van der Waals surface area contributed by atoms with Gasteiger partial charge in [0.25, 0.3) is 0 Å². The van der Waals surface area contributed by atoms with Crippen molar-refractivity contribution in [3.05, 3.63) is 51.7 Å². The summed E-state index contributed by atoms with van der Waals surface area (Å²) in [6.45, 7) is 8.26. The Morgan fingerprint density at radius 2 is 2.14 bits per heavy atom. The molecule has 1 heterocycles. The molecule has 2 nitrogen and oxygen atoms in total. The van der Waals surface area contributed by atoms with Gasteiger partial charge < -0.3 is 10.1 Å². The van der Waals surface area contributed by atoms with Crippen LogP contribution in [0, 0.1) is 6.92 Å². The van der Waals surface area contributed by atoms with Gasteiger partial charge in [0.2, 0.25) is 0 Å². The third-order valence-corrected chi connectivity index (χ3v) is 4.30. The molecular formula is C18H25NOS. The minimum atomic E-state index is 0.321. The number of aryl methyl sites for hydroxylation is 1. The van der Waals surface area contributed by atoms with Crippen LogP contribution in [0.25, 0.3) is 0 Å². The van der Waals surface area contributed by atoms with Crippen molar-refractivity contribution in [3.8, 4) is 5.75 Å². The second-order valence-electron chi connectivity index (χ2n) is 5.45. The maximum Gasteiger partial charge on any atom is 0.124 e. The molecule has 0 amide bonds. The van der Waals surface area contributed by atoms with E-state index in [0.717, 1.165) is 31.7 Å². The van der Waals surface area contributed by atoms with E-state index in [4.69, 9.17) is 4.74 Å². The summed E-state index contributed by atoms with van der Waals surface area (Å²) >= 11 is 1.74. The number of benzene rings is 1. The number of ether oxygens (including phenoxy) is 1. The van der Waals surface area contributed by atoms with E-state index in [1.54, 1.807) is 11.3 Å². The molecule has 0 saturated carbocycles. The molecule has 21 heavy (non-hydrogen) atoms. The number of thiophene rings is 1. The Bertz CT molecular complexity index is 536. The van der Waals surface area contributed by atoms with Crippen LogP contribution in [0.1, 0.15) is 43.0 Å². The number of nitrogens with one attached hydrogen (secondary N) is 1. The van der Waals surface area contributed by atoms with Gasteiger partial charge in [0, 0.05) is 18.0 Å². The first-order valence-electron chi connectivity index (χ1n) is 7.68. The van der Waals surface area contributed by atoms with Crippen LogP contribution in [0.15, 0.2) is 35.0 Å². The van der Waals surface area contributed by atoms with Crippen molar-refractivity contribution in [3.63, 3.8) is 0 Å². The standard InChI is InChI=1S/C18H25NOS/c1-4-9-19-15(3)17-6-5-14(2)12-18(17)20-10-7-16-8-11-21-13-16/h5-6,8,11-13,15,19H,4,7,9-10H2,1-3H3. The van der Waals surface area contributed by atoms with Gasteiger partial charge in [-0.05, 0) is 60.8 Å². The van der Waals surface area contributed by atoms with Gasteiger partial charge in [-0.1, -0.05) is 19.1 Å². The van der Waals surface area contributed by atoms with Gasteiger partial charge >= 0.3 is 0 Å². The molecule has 2 aromatic rings. The monoisotopic (exact) mass is 303 g/mol. The van der Waals surface area contributed by atoms with Crippen LogP contribution < -0.4 is 10.1 Å². The van der Waals surface area contributed by atoms with Crippen LogP contribution >= 0.6 is 11.3 Å². The van der Waals surface area contributed by atoms with Crippen LogP contribution in [0.4, 0.5) is 0 Å². The molecule has 0 bridgehead atoms. The molecule has 0 aliphatic heterocycles. The highest BCUT2D eigenvalue weighted by atomic mass is 32.1. The maximum atomic E-state index is 6.06. The molecule has 2 rings (SSSR count). The van der Waals surface area contributed by atoms with Crippen LogP contribution in [0.5, 0.6) is 5.75 Å². The quantitative estimate of drug-likeness (QED) is 0.760. The first-order valence-corrected chi connectivity index (χ1v) is 8.62. The normalized spacial score (nSPS) is 12.3. The van der Waals surface area contributed by atoms with Crippen LogP contribution in [0.2, 0.25) is 0 Å². The fourth-order valence-electron chi connectivity index (χ4n) is 2.31. The molecule has 0 saturated heterocycles. The predicted octanol–water partition coefficient (Wildman–Crippen LogP) is 4.74. The number of rotatable bonds is 8. The lowest BCUT2D eigenvalue weighted by Crippen LogP contribution is -2.20. The summed E-state index contributed by atoms with van der Waals surface area (Å²) in [5.74, 6) is 1.02. The van der Waals surface area contributed by atoms with Crippen molar-refractivity contribution in [2.45, 2.75) is 39.7 Å². The van der Waals surface area contributed by atoms with E-state index in [-0.39, 0.29) is 0 Å². The lowest BCUT2D eigenvalue weighted by atomic mass is 10.0. The third-order valence-electron chi connectivity index (χ3n) is 3.56. The van der Waals surface area contributed by atoms with Gasteiger partial charge in [0.1, 0.15) is 5.75 Å². The first kappa shape index (κ1) is 16.1. The predicted molar refractivity (Wildman–Crippen MR) is 91.4 cm³/mol. The van der Waals surface area contributed by atoms with E-state index in [9.17, 15) is 0 Å². The van der Waals surface area contributed by atoms with Crippen LogP contribution in [-0.4, -0.2) is 13.2 Å². The third kappa shape index (κ3) is 4.87. The van der Waals surface area contributed by atoms with Crippen LogP contribution in [-0.2, 0) is 6.42 Å². The highest BCUT2D eigenvalue weighted by Gasteiger charge is 2.11. The largest absolute Gasteiger partial charge is 0.493 e. The van der Waals surface area contributed by atoms with Crippen molar-refractivity contribution in [1.82, 2.24) is 5.32 Å². The van der Waals surface area contributed by atoms with E-state index in [1.165, 1.54) is 16.7 Å². The minimum Gasteiger partial charge on any atom is -0.493 e. The van der Waals surface area contributed by atoms with Gasteiger partial charge in [0.15, 0.2) is 0 Å². The molecule has 0 aliphatic rings. The summed E-state index contributed by atoms with van der Waals surface area (Å²) in [7, 11) is 0. The summed E-state index contributed by atoms with van der Waals surface area (Å²) in [5, 5.41) is 7.84. The molecule has 1 N–H and O–H groups in total. The zero-order valence-electron chi connectivity index (χ0n) is 13.2. The highest BCUT2D eigenvalue weighted by Crippen LogP contribution is 2.26. The van der Waals surface area contributed by atoms with Crippen LogP contribution in [0.3, 0.4) is 0 Å². The summed E-state index contributed by atoms with van der Waals surface area (Å²) in [6, 6.07) is 8.97. The average Bonchev–Trinajstić information content (AvgIpc) is 2.98. The fourth-order valence-corrected chi connectivity index (χ4v) is 3.01. The lowest BCUT2D eigenvalue weighted by Gasteiger charge is -2.18. The van der Waals surface area contributed by atoms with Gasteiger partial charge in [-0.15, -0.1) is 0 Å². The molecular weight excluding hydrogens is 278 g/mol. The van der Waals surface area contributed by atoms with E-state index in [0.29, 0.717) is 6.04 Å². The molecule has 1 unspecified atom stereocenters. The molecule has 114 valence electrons. The zero-order chi connectivity index (χ0) is 15.1. The van der Waals surface area contributed by atoms with Gasteiger partial charge in [0.05, 0.1) is 6.61 Å². The Labute approximate surface area is 132 Å². The topological polar surface area (TPSA) is 21.3 Å². The Morgan fingerprint density at radius 1 is 1.29 bits per heavy atom. The molecule has 1 atom stereocenters. The number of hydrogen-bond acceptors (Lipinski definition) is 3. The van der Waals surface area contributed by atoms with Gasteiger partial charge in [-0.2, -0.15) is 11.3 Å². The SMILES string of the molecule is CCCNC(C)c1ccc(C)cc1OCCc1ccsc1. The Kier molecular flexibility index (Phi) is 6.27. The first-order chi connectivity index (χ1) is 10.2.